The number of halogens is 1. The van der Waals surface area contributed by atoms with Crippen molar-refractivity contribution in [3.63, 3.8) is 0 Å². The molecule has 2 amide bonds. The van der Waals surface area contributed by atoms with E-state index in [1.54, 1.807) is 24.3 Å². The predicted molar refractivity (Wildman–Crippen MR) is 96.2 cm³/mol. The van der Waals surface area contributed by atoms with Crippen molar-refractivity contribution in [1.82, 2.24) is 0 Å². The molecule has 0 bridgehead atoms. The number of benzene rings is 1. The van der Waals surface area contributed by atoms with Crippen molar-refractivity contribution in [2.75, 3.05) is 18.5 Å². The maximum atomic E-state index is 12.3. The summed E-state index contributed by atoms with van der Waals surface area (Å²) in [6.07, 6.45) is 5.97. The average molecular weight is 356 g/mol. The van der Waals surface area contributed by atoms with Gasteiger partial charge in [-0.1, -0.05) is 25.3 Å². The number of rotatable bonds is 7. The number of hydrogen-bond donors (Lipinski definition) is 3. The number of nitrogens with one attached hydrogen (secondary N) is 1. The molecule has 0 radical (unpaired) electrons. The van der Waals surface area contributed by atoms with Gasteiger partial charge in [0.25, 0.3) is 5.91 Å². The van der Waals surface area contributed by atoms with Crippen molar-refractivity contribution in [1.29, 1.82) is 0 Å². The molecule has 0 aromatic heterocycles. The van der Waals surface area contributed by atoms with Crippen molar-refractivity contribution in [2.45, 2.75) is 38.5 Å². The molecule has 1 fully saturated rings. The summed E-state index contributed by atoms with van der Waals surface area (Å²) in [4.78, 5) is 23.1. The van der Waals surface area contributed by atoms with Crippen LogP contribution in [0.2, 0.25) is 0 Å². The van der Waals surface area contributed by atoms with E-state index in [1.807, 2.05) is 0 Å². The third-order valence-electron chi connectivity index (χ3n) is 4.38. The first kappa shape index (κ1) is 20.3. The van der Waals surface area contributed by atoms with Gasteiger partial charge in [-0.2, -0.15) is 0 Å². The molecule has 2 rings (SSSR count). The molecule has 0 aliphatic heterocycles. The molecule has 0 spiro atoms. The topological polar surface area (TPSA) is 107 Å². The molecule has 5 N–H and O–H groups in total. The normalized spacial score (nSPS) is 15.9. The summed E-state index contributed by atoms with van der Waals surface area (Å²) in [6.45, 7) is 0.357. The number of carbonyl (C=O) groups excluding carboxylic acids is 2. The Kier molecular flexibility index (Phi) is 8.01. The van der Waals surface area contributed by atoms with E-state index in [0.29, 0.717) is 24.4 Å². The Morgan fingerprint density at radius 3 is 2.54 bits per heavy atom. The second kappa shape index (κ2) is 9.49. The van der Waals surface area contributed by atoms with Gasteiger partial charge >= 0.3 is 0 Å². The molecular weight excluding hydrogens is 330 g/mol. The summed E-state index contributed by atoms with van der Waals surface area (Å²) in [6, 6.07) is 6.92. The van der Waals surface area contributed by atoms with E-state index in [2.05, 4.69) is 5.32 Å². The number of ether oxygens (including phenoxy) is 1. The Hall–Kier alpha value is -1.79. The van der Waals surface area contributed by atoms with Gasteiger partial charge in [-0.05, 0) is 36.9 Å². The number of primary amides is 1. The van der Waals surface area contributed by atoms with Crippen molar-refractivity contribution in [3.8, 4) is 5.75 Å². The first-order valence-electron chi connectivity index (χ1n) is 8.04. The summed E-state index contributed by atoms with van der Waals surface area (Å²) in [5, 5.41) is 2.89. The highest BCUT2D eigenvalue weighted by molar-refractivity contribution is 5.91. The minimum Gasteiger partial charge on any atom is -0.484 e. The van der Waals surface area contributed by atoms with Gasteiger partial charge in [0.05, 0.1) is 0 Å². The van der Waals surface area contributed by atoms with Gasteiger partial charge in [0.15, 0.2) is 6.61 Å². The number of anilines is 1. The smallest absolute Gasteiger partial charge is 0.255 e. The van der Waals surface area contributed by atoms with Gasteiger partial charge in [-0.3, -0.25) is 9.59 Å². The third kappa shape index (κ3) is 6.02. The zero-order valence-electron chi connectivity index (χ0n) is 13.8. The van der Waals surface area contributed by atoms with Gasteiger partial charge in [0.2, 0.25) is 5.91 Å². The van der Waals surface area contributed by atoms with Crippen LogP contribution in [0.4, 0.5) is 5.69 Å². The van der Waals surface area contributed by atoms with Crippen LogP contribution in [-0.2, 0) is 9.59 Å². The third-order valence-corrected chi connectivity index (χ3v) is 4.38. The molecule has 1 aromatic rings. The van der Waals surface area contributed by atoms with Crippen molar-refractivity contribution >= 4 is 29.9 Å². The number of amides is 2. The molecule has 7 heteroatoms. The van der Waals surface area contributed by atoms with E-state index < -0.39 is 5.91 Å². The number of nitrogens with two attached hydrogens (primary N) is 2. The van der Waals surface area contributed by atoms with E-state index in [0.717, 1.165) is 25.7 Å². The summed E-state index contributed by atoms with van der Waals surface area (Å²) in [5.74, 6) is -0.0844. The maximum absolute atomic E-state index is 12.3. The van der Waals surface area contributed by atoms with Crippen LogP contribution in [0, 0.1) is 5.41 Å². The SMILES string of the molecule is Cl.NCC1(CC(=O)Nc2cccc(OCC(N)=O)c2)CCCCC1. The number of hydrogen-bond acceptors (Lipinski definition) is 4. The van der Waals surface area contributed by atoms with Gasteiger partial charge in [0, 0.05) is 18.2 Å². The molecule has 6 nitrogen and oxygen atoms in total. The maximum Gasteiger partial charge on any atom is 0.255 e. The summed E-state index contributed by atoms with van der Waals surface area (Å²) in [5.41, 5.74) is 11.5. The minimum atomic E-state index is -0.540. The van der Waals surface area contributed by atoms with Crippen LogP contribution in [0.15, 0.2) is 24.3 Å². The van der Waals surface area contributed by atoms with Crippen LogP contribution in [0.3, 0.4) is 0 Å². The lowest BCUT2D eigenvalue weighted by atomic mass is 9.71. The van der Waals surface area contributed by atoms with Gasteiger partial charge < -0.3 is 21.5 Å². The van der Waals surface area contributed by atoms with Crippen LogP contribution in [0.25, 0.3) is 0 Å². The molecule has 24 heavy (non-hydrogen) atoms. The molecule has 0 atom stereocenters. The molecule has 0 unspecified atom stereocenters. The summed E-state index contributed by atoms with van der Waals surface area (Å²) < 4.78 is 5.23. The molecule has 134 valence electrons. The van der Waals surface area contributed by atoms with Gasteiger partial charge in [-0.15, -0.1) is 12.4 Å². The molecule has 1 aliphatic carbocycles. The van der Waals surface area contributed by atoms with Gasteiger partial charge in [-0.25, -0.2) is 0 Å². The fourth-order valence-electron chi connectivity index (χ4n) is 3.12. The molecule has 1 aliphatic rings. The van der Waals surface area contributed by atoms with Crippen LogP contribution in [-0.4, -0.2) is 25.0 Å². The van der Waals surface area contributed by atoms with Crippen molar-refractivity contribution in [2.24, 2.45) is 16.9 Å². The van der Waals surface area contributed by atoms with Crippen molar-refractivity contribution < 1.29 is 14.3 Å². The Bertz CT molecular complexity index is 560. The highest BCUT2D eigenvalue weighted by Gasteiger charge is 2.32. The van der Waals surface area contributed by atoms with E-state index >= 15 is 0 Å². The lowest BCUT2D eigenvalue weighted by Gasteiger charge is -2.35. The van der Waals surface area contributed by atoms with E-state index in [9.17, 15) is 9.59 Å². The van der Waals surface area contributed by atoms with Crippen molar-refractivity contribution in [3.05, 3.63) is 24.3 Å². The Balaban J connectivity index is 0.00000288. The minimum absolute atomic E-state index is 0. The van der Waals surface area contributed by atoms with Gasteiger partial charge in [0.1, 0.15) is 5.75 Å². The molecule has 0 heterocycles. The zero-order chi connectivity index (χ0) is 16.7. The predicted octanol–water partition coefficient (Wildman–Crippen LogP) is 2.21. The van der Waals surface area contributed by atoms with Crippen LogP contribution >= 0.6 is 12.4 Å². The zero-order valence-corrected chi connectivity index (χ0v) is 14.6. The fraction of sp³-hybridized carbons (Fsp3) is 0.529. The van der Waals surface area contributed by atoms with Crippen LogP contribution in [0.5, 0.6) is 5.75 Å². The summed E-state index contributed by atoms with van der Waals surface area (Å²) in [7, 11) is 0. The molecule has 0 saturated heterocycles. The molecular formula is C17H26ClN3O3. The standard InChI is InChI=1S/C17H25N3O3.ClH/c18-12-17(7-2-1-3-8-17)10-16(22)20-13-5-4-6-14(9-13)23-11-15(19)21;/h4-6,9H,1-3,7-8,10-12,18H2,(H2,19,21)(H,20,22);1H. The Labute approximate surface area is 148 Å². The Morgan fingerprint density at radius 1 is 1.21 bits per heavy atom. The summed E-state index contributed by atoms with van der Waals surface area (Å²) >= 11 is 0. The first-order chi connectivity index (χ1) is 11.0. The lowest BCUT2D eigenvalue weighted by Crippen LogP contribution is -2.36. The second-order valence-corrected chi connectivity index (χ2v) is 6.27. The quantitative estimate of drug-likeness (QED) is 0.696. The Morgan fingerprint density at radius 2 is 1.92 bits per heavy atom. The highest BCUT2D eigenvalue weighted by atomic mass is 35.5. The fourth-order valence-corrected chi connectivity index (χ4v) is 3.12. The number of carbonyl (C=O) groups is 2. The van der Waals surface area contributed by atoms with E-state index in [-0.39, 0.29) is 30.3 Å². The molecule has 1 saturated carbocycles. The van der Waals surface area contributed by atoms with E-state index in [1.165, 1.54) is 6.42 Å². The monoisotopic (exact) mass is 355 g/mol. The average Bonchev–Trinajstić information content (AvgIpc) is 2.54. The lowest BCUT2D eigenvalue weighted by molar-refractivity contribution is -0.120. The van der Waals surface area contributed by atoms with Crippen LogP contribution < -0.4 is 21.5 Å². The van der Waals surface area contributed by atoms with E-state index in [4.69, 9.17) is 16.2 Å². The highest BCUT2D eigenvalue weighted by Crippen LogP contribution is 2.38. The largest absolute Gasteiger partial charge is 0.484 e. The van der Waals surface area contributed by atoms with Crippen LogP contribution in [0.1, 0.15) is 38.5 Å². The first-order valence-corrected chi connectivity index (χ1v) is 8.04. The second-order valence-electron chi connectivity index (χ2n) is 6.27. The molecule has 1 aromatic carbocycles.